The Morgan fingerprint density at radius 1 is 1.32 bits per heavy atom. The van der Waals surface area contributed by atoms with Crippen molar-refractivity contribution >= 4 is 11.0 Å². The fraction of sp³-hybridized carbons (Fsp3) is 0.571. The lowest BCUT2D eigenvalue weighted by atomic mass is 9.75. The van der Waals surface area contributed by atoms with E-state index in [0.29, 0.717) is 19.0 Å². The van der Waals surface area contributed by atoms with E-state index in [9.17, 15) is 4.79 Å². The van der Waals surface area contributed by atoms with Crippen molar-refractivity contribution in [3.05, 3.63) is 45.6 Å². The molecular formula is C21H27N5O2. The molecule has 1 N–H and O–H groups in total. The van der Waals surface area contributed by atoms with Crippen LogP contribution < -0.4 is 5.69 Å². The van der Waals surface area contributed by atoms with Gasteiger partial charge in [0.2, 0.25) is 0 Å². The third kappa shape index (κ3) is 2.56. The van der Waals surface area contributed by atoms with Gasteiger partial charge in [0.1, 0.15) is 5.69 Å². The van der Waals surface area contributed by atoms with Crippen LogP contribution in [-0.2, 0) is 25.0 Å². The molecule has 0 bridgehead atoms. The smallest absolute Gasteiger partial charge is 0.329 e. The minimum atomic E-state index is 0.0167. The highest BCUT2D eigenvalue weighted by Crippen LogP contribution is 2.52. The Balaban J connectivity index is 1.67. The molecule has 1 aromatic carbocycles. The number of benzene rings is 1. The van der Waals surface area contributed by atoms with Crippen LogP contribution in [0.1, 0.15) is 56.4 Å². The van der Waals surface area contributed by atoms with E-state index in [4.69, 9.17) is 5.11 Å². The van der Waals surface area contributed by atoms with Gasteiger partial charge in [-0.15, -0.1) is 5.10 Å². The summed E-state index contributed by atoms with van der Waals surface area (Å²) in [5.41, 5.74) is 5.73. The predicted octanol–water partition coefficient (Wildman–Crippen LogP) is 2.24. The minimum absolute atomic E-state index is 0.0167. The van der Waals surface area contributed by atoms with Crippen LogP contribution in [0.5, 0.6) is 0 Å². The van der Waals surface area contributed by atoms with Crippen molar-refractivity contribution in [1.29, 1.82) is 0 Å². The van der Waals surface area contributed by atoms with E-state index in [1.807, 2.05) is 9.13 Å². The summed E-state index contributed by atoms with van der Waals surface area (Å²) < 4.78 is 5.40. The van der Waals surface area contributed by atoms with E-state index in [0.717, 1.165) is 35.6 Å². The van der Waals surface area contributed by atoms with Gasteiger partial charge in [0.15, 0.2) is 0 Å². The van der Waals surface area contributed by atoms with Crippen molar-refractivity contribution < 1.29 is 5.11 Å². The number of aliphatic hydroxyl groups excluding tert-OH is 1. The summed E-state index contributed by atoms with van der Waals surface area (Å²) in [6.45, 7) is 8.50. The fourth-order valence-corrected chi connectivity index (χ4v) is 4.87. The minimum Gasteiger partial charge on any atom is -0.394 e. The third-order valence-corrected chi connectivity index (χ3v) is 6.59. The average Bonchev–Trinajstić information content (AvgIpc) is 3.11. The molecule has 5 rings (SSSR count). The van der Waals surface area contributed by atoms with Crippen molar-refractivity contribution in [3.8, 4) is 0 Å². The zero-order valence-electron chi connectivity index (χ0n) is 16.7. The Kier molecular flexibility index (Phi) is 3.81. The number of rotatable bonds is 5. The summed E-state index contributed by atoms with van der Waals surface area (Å²) in [4.78, 5) is 13.2. The highest BCUT2D eigenvalue weighted by Gasteiger charge is 2.41. The van der Waals surface area contributed by atoms with Gasteiger partial charge in [0, 0.05) is 6.54 Å². The van der Waals surface area contributed by atoms with Crippen LogP contribution in [0, 0.1) is 5.92 Å². The Hall–Kier alpha value is -2.41. The van der Waals surface area contributed by atoms with Gasteiger partial charge in [0.25, 0.3) is 0 Å². The first kappa shape index (κ1) is 17.7. The van der Waals surface area contributed by atoms with Gasteiger partial charge >= 0.3 is 5.69 Å². The Morgan fingerprint density at radius 3 is 2.82 bits per heavy atom. The van der Waals surface area contributed by atoms with E-state index in [1.165, 1.54) is 17.5 Å². The van der Waals surface area contributed by atoms with Gasteiger partial charge in [-0.1, -0.05) is 32.1 Å². The molecule has 0 amide bonds. The number of hydrogen-bond acceptors (Lipinski definition) is 4. The SMILES string of the molecule is CC1C[C@@H]1c1ccc2c3c1C(C)(C)CCn3c(=O)n2Cc1cn(CCO)nn1. The third-order valence-electron chi connectivity index (χ3n) is 6.59. The number of aliphatic hydroxyl groups is 1. The fourth-order valence-electron chi connectivity index (χ4n) is 4.87. The first-order chi connectivity index (χ1) is 13.4. The molecule has 0 saturated heterocycles. The molecule has 1 fully saturated rings. The standard InChI is InChI=1S/C21H27N5O2/c1-13-10-16(13)15-4-5-17-19-18(15)21(2,3)6-7-25(19)20(28)26(17)12-14-11-24(8-9-27)23-22-14/h4-5,11,13,16,27H,6-10,12H2,1-3H3/t13?,16-/m0/s1. The lowest BCUT2D eigenvalue weighted by Crippen LogP contribution is -2.32. The molecule has 3 heterocycles. The molecule has 1 aliphatic heterocycles. The van der Waals surface area contributed by atoms with Gasteiger partial charge in [-0.25, -0.2) is 9.48 Å². The molecule has 28 heavy (non-hydrogen) atoms. The van der Waals surface area contributed by atoms with Crippen molar-refractivity contribution in [1.82, 2.24) is 24.1 Å². The van der Waals surface area contributed by atoms with Crippen molar-refractivity contribution in [3.63, 3.8) is 0 Å². The second-order valence-corrected chi connectivity index (χ2v) is 9.07. The molecule has 2 aliphatic rings. The summed E-state index contributed by atoms with van der Waals surface area (Å²) in [5, 5.41) is 17.3. The monoisotopic (exact) mass is 381 g/mol. The van der Waals surface area contributed by atoms with E-state index < -0.39 is 0 Å². The zero-order chi connectivity index (χ0) is 19.6. The molecule has 1 aliphatic carbocycles. The van der Waals surface area contributed by atoms with Crippen molar-refractivity contribution in [2.45, 2.75) is 64.6 Å². The molecular weight excluding hydrogens is 354 g/mol. The maximum atomic E-state index is 13.2. The molecule has 1 saturated carbocycles. The topological polar surface area (TPSA) is 77.9 Å². The Labute approximate surface area is 163 Å². The molecule has 2 aromatic heterocycles. The molecule has 0 radical (unpaired) electrons. The average molecular weight is 381 g/mol. The number of aromatic nitrogens is 5. The largest absolute Gasteiger partial charge is 0.394 e. The second-order valence-electron chi connectivity index (χ2n) is 9.07. The molecule has 0 spiro atoms. The molecule has 7 nitrogen and oxygen atoms in total. The highest BCUT2D eigenvalue weighted by atomic mass is 16.3. The van der Waals surface area contributed by atoms with E-state index in [1.54, 1.807) is 10.9 Å². The van der Waals surface area contributed by atoms with Crippen molar-refractivity contribution in [2.75, 3.05) is 6.61 Å². The lowest BCUT2D eigenvalue weighted by Gasteiger charge is -2.33. The van der Waals surface area contributed by atoms with Gasteiger partial charge in [-0.2, -0.15) is 0 Å². The summed E-state index contributed by atoms with van der Waals surface area (Å²) in [6.07, 6.45) is 4.02. The van der Waals surface area contributed by atoms with Crippen LogP contribution in [0.2, 0.25) is 0 Å². The maximum Gasteiger partial charge on any atom is 0.329 e. The van der Waals surface area contributed by atoms with Crippen LogP contribution in [0.25, 0.3) is 11.0 Å². The van der Waals surface area contributed by atoms with Crippen LogP contribution in [0.3, 0.4) is 0 Å². The molecule has 2 atom stereocenters. The van der Waals surface area contributed by atoms with Gasteiger partial charge in [-0.3, -0.25) is 9.13 Å². The van der Waals surface area contributed by atoms with Crippen molar-refractivity contribution in [2.24, 2.45) is 5.92 Å². The van der Waals surface area contributed by atoms with E-state index >= 15 is 0 Å². The van der Waals surface area contributed by atoms with Crippen LogP contribution in [0.4, 0.5) is 0 Å². The zero-order valence-corrected chi connectivity index (χ0v) is 16.7. The van der Waals surface area contributed by atoms with Gasteiger partial charge in [0.05, 0.1) is 36.9 Å². The Bertz CT molecular complexity index is 1120. The normalized spacial score (nSPS) is 22.7. The second kappa shape index (κ2) is 6.04. The molecule has 1 unspecified atom stereocenters. The van der Waals surface area contributed by atoms with Crippen LogP contribution >= 0.6 is 0 Å². The maximum absolute atomic E-state index is 13.2. The lowest BCUT2D eigenvalue weighted by molar-refractivity contribution is 0.268. The number of hydrogen-bond donors (Lipinski definition) is 1. The number of imidazole rings is 1. The Morgan fingerprint density at radius 2 is 2.11 bits per heavy atom. The summed E-state index contributed by atoms with van der Waals surface area (Å²) in [7, 11) is 0. The van der Waals surface area contributed by atoms with E-state index in [-0.39, 0.29) is 17.7 Å². The number of aryl methyl sites for hydroxylation is 1. The first-order valence-corrected chi connectivity index (χ1v) is 10.2. The molecule has 7 heteroatoms. The highest BCUT2D eigenvalue weighted by molar-refractivity contribution is 5.83. The summed E-state index contributed by atoms with van der Waals surface area (Å²) >= 11 is 0. The molecule has 148 valence electrons. The van der Waals surface area contributed by atoms with Crippen LogP contribution in [-0.4, -0.2) is 35.8 Å². The van der Waals surface area contributed by atoms with E-state index in [2.05, 4.69) is 43.2 Å². The van der Waals surface area contributed by atoms with Gasteiger partial charge < -0.3 is 5.11 Å². The van der Waals surface area contributed by atoms with Crippen LogP contribution in [0.15, 0.2) is 23.1 Å². The number of nitrogens with zero attached hydrogens (tertiary/aromatic N) is 5. The first-order valence-electron chi connectivity index (χ1n) is 10.2. The molecule has 3 aromatic rings. The predicted molar refractivity (Wildman–Crippen MR) is 107 cm³/mol. The quantitative estimate of drug-likeness (QED) is 0.735. The van der Waals surface area contributed by atoms with Gasteiger partial charge in [-0.05, 0) is 47.3 Å². The summed E-state index contributed by atoms with van der Waals surface area (Å²) in [6, 6.07) is 4.37. The summed E-state index contributed by atoms with van der Waals surface area (Å²) in [5.74, 6) is 1.36.